The fourth-order valence-corrected chi connectivity index (χ4v) is 4.12. The highest BCUT2D eigenvalue weighted by Crippen LogP contribution is 2.31. The summed E-state index contributed by atoms with van der Waals surface area (Å²) >= 11 is 0. The zero-order chi connectivity index (χ0) is 21.5. The van der Waals surface area contributed by atoms with E-state index in [9.17, 15) is 9.18 Å². The summed E-state index contributed by atoms with van der Waals surface area (Å²) in [7, 11) is 0. The van der Waals surface area contributed by atoms with Crippen LogP contribution in [0.1, 0.15) is 56.8 Å². The van der Waals surface area contributed by atoms with Crippen molar-refractivity contribution in [3.8, 4) is 0 Å². The van der Waals surface area contributed by atoms with Gasteiger partial charge in [-0.15, -0.1) is 0 Å². The number of allylic oxidation sites excluding steroid dienone is 1. The highest BCUT2D eigenvalue weighted by molar-refractivity contribution is 6.02. The largest absolute Gasteiger partial charge is 0.349 e. The van der Waals surface area contributed by atoms with Crippen molar-refractivity contribution < 1.29 is 9.18 Å². The number of hydrogen-bond donors (Lipinski definition) is 1. The maximum Gasteiger partial charge on any atom is 0.257 e. The summed E-state index contributed by atoms with van der Waals surface area (Å²) in [5, 5.41) is 7.36. The van der Waals surface area contributed by atoms with E-state index in [0.29, 0.717) is 24.1 Å². The highest BCUT2D eigenvalue weighted by Gasteiger charge is 2.32. The average molecular weight is 410 g/mol. The molecule has 1 N–H and O–H groups in total. The van der Waals surface area contributed by atoms with Gasteiger partial charge in [0, 0.05) is 24.0 Å². The van der Waals surface area contributed by atoms with Crippen molar-refractivity contribution in [2.24, 2.45) is 4.99 Å². The molecule has 0 spiro atoms. The van der Waals surface area contributed by atoms with Gasteiger partial charge >= 0.3 is 0 Å². The molecule has 2 bridgehead atoms. The minimum absolute atomic E-state index is 0.0333. The van der Waals surface area contributed by atoms with Crippen LogP contribution in [0.15, 0.2) is 47.6 Å². The maximum absolute atomic E-state index is 13.4. The molecule has 0 saturated carbocycles. The molecule has 0 aromatic carbocycles. The summed E-state index contributed by atoms with van der Waals surface area (Å²) in [5.41, 5.74) is 2.11. The van der Waals surface area contributed by atoms with Gasteiger partial charge in [-0.3, -0.25) is 9.79 Å². The van der Waals surface area contributed by atoms with Gasteiger partial charge in [0.25, 0.3) is 5.91 Å². The van der Waals surface area contributed by atoms with Crippen molar-refractivity contribution in [1.29, 1.82) is 0 Å². The monoisotopic (exact) mass is 410 g/mol. The van der Waals surface area contributed by atoms with E-state index in [1.165, 1.54) is 13.1 Å². The Morgan fingerprint density at radius 2 is 2.27 bits per heavy atom. The standard InChI is InChI=1S/C22H27FN6O/c1-14(23)12-24-17-7-9-22(3,4)27-21(30)16-13-25-29-11-8-19(26-20(16)29)28-10-5-6-18(28)15(17)2/h8,11-13,18H,2,5-7,9-10H2,1,3-4H3,(H,27,30)/b14-12+,24-17-/t18-/m1/s1. The SMILES string of the molecule is C=C1/C(=N\C=C(/C)F)CCC(C)(C)NC(=O)c2cnn3ccc(nc23)N2CCC[C@H]12. The number of carbonyl (C=O) groups excluding carboxylic acids is 1. The number of hydrogen-bond acceptors (Lipinski definition) is 5. The van der Waals surface area contributed by atoms with E-state index in [-0.39, 0.29) is 17.8 Å². The van der Waals surface area contributed by atoms with Crippen molar-refractivity contribution in [3.05, 3.63) is 48.2 Å². The Balaban J connectivity index is 1.83. The van der Waals surface area contributed by atoms with Gasteiger partial charge in [-0.25, -0.2) is 13.9 Å². The average Bonchev–Trinajstić information content (AvgIpc) is 3.32. The lowest BCUT2D eigenvalue weighted by Crippen LogP contribution is -2.43. The number of aliphatic imine (C=N–C) groups is 1. The molecule has 158 valence electrons. The fraction of sp³-hybridized carbons (Fsp3) is 0.455. The molecule has 1 amide bonds. The van der Waals surface area contributed by atoms with Crippen molar-refractivity contribution >= 4 is 23.1 Å². The number of nitrogens with zero attached hydrogens (tertiary/aromatic N) is 5. The molecule has 1 fully saturated rings. The van der Waals surface area contributed by atoms with Crippen LogP contribution in [0.3, 0.4) is 0 Å². The third-order valence-electron chi connectivity index (χ3n) is 5.76. The van der Waals surface area contributed by atoms with Crippen LogP contribution >= 0.6 is 0 Å². The second kappa shape index (κ2) is 7.66. The van der Waals surface area contributed by atoms with Crippen LogP contribution in [0.25, 0.3) is 5.65 Å². The number of fused-ring (bicyclic) bond motifs is 3. The van der Waals surface area contributed by atoms with E-state index in [1.807, 2.05) is 26.1 Å². The van der Waals surface area contributed by atoms with Crippen LogP contribution in [0.5, 0.6) is 0 Å². The molecule has 0 aliphatic carbocycles. The molecule has 30 heavy (non-hydrogen) atoms. The Morgan fingerprint density at radius 3 is 3.03 bits per heavy atom. The highest BCUT2D eigenvalue weighted by atomic mass is 19.1. The van der Waals surface area contributed by atoms with E-state index in [2.05, 4.69) is 26.9 Å². The zero-order valence-electron chi connectivity index (χ0n) is 17.7. The first-order valence-electron chi connectivity index (χ1n) is 10.3. The van der Waals surface area contributed by atoms with Crippen LogP contribution in [0.2, 0.25) is 0 Å². The third-order valence-corrected chi connectivity index (χ3v) is 5.76. The number of halogens is 1. The molecule has 8 heteroatoms. The van der Waals surface area contributed by atoms with Gasteiger partial charge < -0.3 is 10.2 Å². The van der Waals surface area contributed by atoms with E-state index < -0.39 is 5.54 Å². The lowest BCUT2D eigenvalue weighted by molar-refractivity contribution is 0.0911. The molecular weight excluding hydrogens is 383 g/mol. The molecular formula is C22H27FN6O. The number of amides is 1. The van der Waals surface area contributed by atoms with Crippen LogP contribution in [0.4, 0.5) is 10.2 Å². The van der Waals surface area contributed by atoms with Gasteiger partial charge in [0.1, 0.15) is 17.2 Å². The summed E-state index contributed by atoms with van der Waals surface area (Å²) in [6, 6.07) is 1.94. The zero-order valence-corrected chi connectivity index (χ0v) is 17.7. The minimum atomic E-state index is -0.498. The molecule has 2 aliphatic rings. The van der Waals surface area contributed by atoms with Gasteiger partial charge in [-0.1, -0.05) is 6.58 Å². The van der Waals surface area contributed by atoms with Gasteiger partial charge in [0.2, 0.25) is 0 Å². The lowest BCUT2D eigenvalue weighted by Gasteiger charge is -2.29. The predicted molar refractivity (Wildman–Crippen MR) is 116 cm³/mol. The van der Waals surface area contributed by atoms with E-state index in [0.717, 1.165) is 36.5 Å². The van der Waals surface area contributed by atoms with Crippen LogP contribution < -0.4 is 10.2 Å². The quantitative estimate of drug-likeness (QED) is 0.775. The Kier molecular flexibility index (Phi) is 5.17. The van der Waals surface area contributed by atoms with Crippen LogP contribution in [-0.4, -0.2) is 44.3 Å². The van der Waals surface area contributed by atoms with Gasteiger partial charge in [-0.05, 0) is 58.1 Å². The minimum Gasteiger partial charge on any atom is -0.349 e. The van der Waals surface area contributed by atoms with Crippen molar-refractivity contribution in [3.63, 3.8) is 0 Å². The second-order valence-corrected chi connectivity index (χ2v) is 8.62. The lowest BCUT2D eigenvalue weighted by atomic mass is 9.91. The van der Waals surface area contributed by atoms with E-state index in [4.69, 9.17) is 4.98 Å². The second-order valence-electron chi connectivity index (χ2n) is 8.62. The molecule has 1 saturated heterocycles. The predicted octanol–water partition coefficient (Wildman–Crippen LogP) is 3.83. The molecule has 2 aliphatic heterocycles. The van der Waals surface area contributed by atoms with Gasteiger partial charge in [-0.2, -0.15) is 5.10 Å². The summed E-state index contributed by atoms with van der Waals surface area (Å²) in [5.74, 6) is 0.207. The first-order chi connectivity index (χ1) is 14.2. The van der Waals surface area contributed by atoms with E-state index >= 15 is 0 Å². The normalized spacial score (nSPS) is 23.9. The first-order valence-corrected chi connectivity index (χ1v) is 10.3. The summed E-state index contributed by atoms with van der Waals surface area (Å²) in [6.07, 6.45) is 7.76. The summed E-state index contributed by atoms with van der Waals surface area (Å²) in [6.45, 7) is 10.5. The third kappa shape index (κ3) is 3.86. The molecule has 7 nitrogen and oxygen atoms in total. The Labute approximate surface area is 175 Å². The summed E-state index contributed by atoms with van der Waals surface area (Å²) in [4.78, 5) is 24.4. The van der Waals surface area contributed by atoms with E-state index in [1.54, 1.807) is 10.7 Å². The van der Waals surface area contributed by atoms with Crippen molar-refractivity contribution in [2.45, 2.75) is 58.0 Å². The number of aromatic nitrogens is 3. The Morgan fingerprint density at radius 1 is 1.47 bits per heavy atom. The van der Waals surface area contributed by atoms with Crippen molar-refractivity contribution in [2.75, 3.05) is 11.4 Å². The first kappa shape index (κ1) is 20.3. The maximum atomic E-state index is 13.4. The van der Waals surface area contributed by atoms with Gasteiger partial charge in [0.15, 0.2) is 5.65 Å². The van der Waals surface area contributed by atoms with Gasteiger partial charge in [0.05, 0.1) is 18.4 Å². The van der Waals surface area contributed by atoms with Crippen molar-refractivity contribution in [1.82, 2.24) is 19.9 Å². The smallest absolute Gasteiger partial charge is 0.257 e. The summed E-state index contributed by atoms with van der Waals surface area (Å²) < 4.78 is 15.0. The fourth-order valence-electron chi connectivity index (χ4n) is 4.12. The Hall–Kier alpha value is -3.03. The molecule has 2 aromatic heterocycles. The molecule has 4 heterocycles. The molecule has 1 atom stereocenters. The number of anilines is 1. The van der Waals surface area contributed by atoms with Crippen LogP contribution in [0, 0.1) is 0 Å². The number of carbonyl (C=O) groups is 1. The van der Waals surface area contributed by atoms with Crippen LogP contribution in [-0.2, 0) is 0 Å². The Bertz CT molecular complexity index is 1060. The molecule has 4 rings (SSSR count). The number of nitrogens with one attached hydrogen (secondary N) is 1. The topological polar surface area (TPSA) is 74.9 Å². The molecule has 2 aromatic rings. The number of rotatable bonds is 1. The molecule has 0 unspecified atom stereocenters. The molecule has 0 radical (unpaired) electrons.